The quantitative estimate of drug-likeness (QED) is 0.156. The Morgan fingerprint density at radius 2 is 0.596 bits per heavy atom. The Bertz CT molecular complexity index is 5610. The van der Waals surface area contributed by atoms with Crippen LogP contribution in [-0.2, 0) is 0 Å². The molecule has 0 fully saturated rings. The number of fused-ring (bicyclic) bond motifs is 16. The third kappa shape index (κ3) is 10.2. The van der Waals surface area contributed by atoms with Crippen LogP contribution in [0.25, 0.3) is 87.8 Å². The van der Waals surface area contributed by atoms with E-state index >= 15 is 0 Å². The number of para-hydroxylation sites is 4. The lowest BCUT2D eigenvalue weighted by molar-refractivity contribution is 0.598. The van der Waals surface area contributed by atoms with Crippen LogP contribution in [0.2, 0.25) is 0 Å². The zero-order valence-corrected chi connectivity index (χ0v) is 60.0. The summed E-state index contributed by atoms with van der Waals surface area (Å²) in [5.41, 5.74) is 17.5. The fourth-order valence-corrected chi connectivity index (χ4v) is 16.0. The Morgan fingerprint density at radius 1 is 0.308 bits per heavy atom. The number of benzene rings is 8. The molecule has 104 heavy (non-hydrogen) atoms. The standard InChI is InChI=1S/2C23H23N3O.C21H19N3O.C20H18N4O/c2*1-14(2)25-16(4)26(19-9-7-13-24-23(19)25)21-15(3)11-12-18-17-8-5-6-10-20(17)27-22(18)21;1-13-10-11-16-15-7-4-5-9-18(15)25-20(16)19(13)24-14(2)23(3)21-17(24)8-6-12-22-21;1-12-8-9-15-14-6-4-5-7-16(14)25-18(15)17(12)24-13(2)23(3)19-20(24)22-11-10-21-19/h2*5-14,16H,1-4H3;4-12,14H,1-3H3;4-11,13H,1-3H3/i2*14D;2*3D3. The van der Waals surface area contributed by atoms with Gasteiger partial charge in [0.05, 0.1) is 42.6 Å². The number of hydrogen-bond donors (Lipinski definition) is 0. The van der Waals surface area contributed by atoms with Crippen molar-refractivity contribution in [1.29, 1.82) is 0 Å². The zero-order valence-electron chi connectivity index (χ0n) is 68.0. The summed E-state index contributed by atoms with van der Waals surface area (Å²) >= 11 is 0. The Morgan fingerprint density at radius 3 is 0.952 bits per heavy atom. The zero-order chi connectivity index (χ0) is 78.5. The van der Waals surface area contributed by atoms with Crippen molar-refractivity contribution in [3.05, 3.63) is 235 Å². The highest BCUT2D eigenvalue weighted by Crippen LogP contribution is 2.53. The average molecular weight is 1380 g/mol. The molecule has 0 saturated heterocycles. The smallest absolute Gasteiger partial charge is 0.178 e. The number of furan rings is 4. The molecule has 8 aromatic heterocycles. The van der Waals surface area contributed by atoms with Crippen LogP contribution in [-0.4, -0.2) is 75.6 Å². The van der Waals surface area contributed by atoms with Gasteiger partial charge in [0.2, 0.25) is 0 Å². The molecule has 0 N–H and O–H groups in total. The first-order valence-corrected chi connectivity index (χ1v) is 35.1. The molecule has 8 aromatic carbocycles. The molecular weight excluding hydrogens is 1290 g/mol. The van der Waals surface area contributed by atoms with Crippen LogP contribution in [0.1, 0.15) is 88.6 Å². The molecule has 520 valence electrons. The third-order valence-electron chi connectivity index (χ3n) is 20.7. The molecule has 20 rings (SSSR count). The second-order valence-corrected chi connectivity index (χ2v) is 27.4. The van der Waals surface area contributed by atoms with E-state index < -0.39 is 38.3 Å². The number of pyridine rings is 3. The molecule has 17 nitrogen and oxygen atoms in total. The molecule has 0 bridgehead atoms. The van der Waals surface area contributed by atoms with Gasteiger partial charge in [-0.3, -0.25) is 4.90 Å². The maximum Gasteiger partial charge on any atom is 0.178 e. The van der Waals surface area contributed by atoms with E-state index in [1.54, 1.807) is 24.8 Å². The van der Waals surface area contributed by atoms with Crippen LogP contribution < -0.4 is 39.2 Å². The van der Waals surface area contributed by atoms with Gasteiger partial charge in [-0.05, 0) is 166 Å². The average Bonchev–Trinajstić information content (AvgIpc) is 1.58. The molecule has 0 radical (unpaired) electrons. The molecule has 4 aliphatic heterocycles. The van der Waals surface area contributed by atoms with Gasteiger partial charge in [-0.15, -0.1) is 0 Å². The van der Waals surface area contributed by atoms with Crippen molar-refractivity contribution in [1.82, 2.24) is 24.9 Å². The first-order valence-electron chi connectivity index (χ1n) is 39.1. The minimum atomic E-state index is -2.34. The number of aryl methyl sites for hydroxylation is 4. The molecule has 17 heteroatoms. The fraction of sp³-hybridized carbons (Fsp3) is 0.230. The lowest BCUT2D eigenvalue weighted by Crippen LogP contribution is -2.42. The summed E-state index contributed by atoms with van der Waals surface area (Å²) in [7, 11) is 0. The first kappa shape index (κ1) is 56.5. The van der Waals surface area contributed by atoms with Gasteiger partial charge in [0, 0.05) is 108 Å². The Balaban J connectivity index is 0.000000108. The summed E-state index contributed by atoms with van der Waals surface area (Å²) in [5.74, 6) is 3.00. The van der Waals surface area contributed by atoms with Crippen molar-refractivity contribution in [2.24, 2.45) is 0 Å². The highest BCUT2D eigenvalue weighted by atomic mass is 16.3. The monoisotopic (exact) mass is 1380 g/mol. The maximum absolute atomic E-state index is 8.68. The van der Waals surface area contributed by atoms with Crippen LogP contribution in [0.15, 0.2) is 231 Å². The molecule has 0 spiro atoms. The van der Waals surface area contributed by atoms with E-state index in [1.807, 2.05) is 187 Å². The number of nitrogens with zero attached hydrogens (tertiary/aromatic N) is 13. The topological polar surface area (TPSA) is 143 Å². The van der Waals surface area contributed by atoms with Crippen molar-refractivity contribution in [2.45, 2.75) is 120 Å². The predicted octanol–water partition coefficient (Wildman–Crippen LogP) is 21.8. The fourth-order valence-electron chi connectivity index (χ4n) is 16.0. The van der Waals surface area contributed by atoms with E-state index in [9.17, 15) is 0 Å². The van der Waals surface area contributed by atoms with Crippen molar-refractivity contribution >= 4 is 157 Å². The van der Waals surface area contributed by atoms with Crippen LogP contribution >= 0.6 is 0 Å². The summed E-state index contributed by atoms with van der Waals surface area (Å²) < 4.78 is 90.5. The van der Waals surface area contributed by atoms with E-state index in [0.717, 1.165) is 161 Å². The van der Waals surface area contributed by atoms with Gasteiger partial charge in [0.25, 0.3) is 0 Å². The second-order valence-electron chi connectivity index (χ2n) is 27.4. The van der Waals surface area contributed by atoms with Crippen LogP contribution in [0.3, 0.4) is 0 Å². The lowest BCUT2D eigenvalue weighted by Gasteiger charge is -2.33. The first-order chi connectivity index (χ1) is 53.5. The van der Waals surface area contributed by atoms with Gasteiger partial charge in [0.1, 0.15) is 47.0 Å². The van der Waals surface area contributed by atoms with Crippen molar-refractivity contribution < 1.29 is 28.6 Å². The molecule has 12 heterocycles. The molecule has 16 aromatic rings. The molecule has 4 aliphatic rings. The minimum absolute atomic E-state index is 0.0603. The number of rotatable bonds is 6. The number of aromatic nitrogens is 5. The van der Waals surface area contributed by atoms with E-state index in [-0.39, 0.29) is 12.3 Å². The SMILES string of the molecule is [2H]C(C)(C)N1c2ncccc2N(c2c(C)ccc3c2oc2ccccc23)C1C.[2H]C(C)(C)N1c2ncccc2N(c2c(C)ccc3c2oc2ccccc23)C1C.[2H]C([2H])([2H])N1c2ncccc2N(c2c(C)ccc3c2oc2ccccc23)C1C.[2H]C([2H])([2H])N1c2nccnc2N(c2c(C)ccc3c2oc2ccccc23)C1C. The lowest BCUT2D eigenvalue weighted by atomic mass is 10.1. The van der Waals surface area contributed by atoms with Crippen LogP contribution in [0, 0.1) is 27.7 Å². The van der Waals surface area contributed by atoms with Crippen molar-refractivity contribution in [3.63, 3.8) is 0 Å². The van der Waals surface area contributed by atoms with Gasteiger partial charge >= 0.3 is 0 Å². The minimum Gasteiger partial charge on any atom is -0.454 e. The Kier molecular flexibility index (Phi) is 13.8. The highest BCUT2D eigenvalue weighted by molar-refractivity contribution is 6.14. The summed E-state index contributed by atoms with van der Waals surface area (Å²) in [6.45, 7) is 19.2. The summed E-state index contributed by atoms with van der Waals surface area (Å²) in [4.78, 5) is 37.7. The van der Waals surface area contributed by atoms with E-state index in [4.69, 9.17) is 28.6 Å². The summed E-state index contributed by atoms with van der Waals surface area (Å²) in [6, 6.07) is 59.1. The molecule has 0 amide bonds. The largest absolute Gasteiger partial charge is 0.454 e. The number of anilines is 12. The van der Waals surface area contributed by atoms with Crippen molar-refractivity contribution in [2.75, 3.05) is 53.2 Å². The molecule has 4 unspecified atom stereocenters. The van der Waals surface area contributed by atoms with E-state index in [2.05, 4.69) is 133 Å². The van der Waals surface area contributed by atoms with Crippen LogP contribution in [0.4, 0.5) is 68.9 Å². The van der Waals surface area contributed by atoms with Gasteiger partial charge in [-0.2, -0.15) is 0 Å². The molecule has 0 saturated carbocycles. The predicted molar refractivity (Wildman–Crippen MR) is 427 cm³/mol. The molecule has 0 aliphatic carbocycles. The second kappa shape index (κ2) is 25.4. The van der Waals surface area contributed by atoms with Crippen molar-refractivity contribution in [3.8, 4) is 0 Å². The third-order valence-corrected chi connectivity index (χ3v) is 20.7. The maximum atomic E-state index is 8.68. The highest BCUT2D eigenvalue weighted by Gasteiger charge is 2.42. The number of hydrogen-bond acceptors (Lipinski definition) is 17. The summed E-state index contributed by atoms with van der Waals surface area (Å²) in [6.07, 6.45) is 7.26. The van der Waals surface area contributed by atoms with Gasteiger partial charge < -0.3 is 52.0 Å². The van der Waals surface area contributed by atoms with E-state index in [0.29, 0.717) is 17.5 Å². The van der Waals surface area contributed by atoms with Gasteiger partial charge in [-0.25, -0.2) is 24.9 Å². The molecular formula is C87H83N13O4. The molecule has 4 atom stereocenters. The Labute approximate surface area is 615 Å². The Hall–Kier alpha value is -12.1. The van der Waals surface area contributed by atoms with Crippen LogP contribution in [0.5, 0.6) is 0 Å². The normalized spacial score (nSPS) is 18.3. The van der Waals surface area contributed by atoms with E-state index in [1.165, 1.54) is 16.0 Å². The summed E-state index contributed by atoms with van der Waals surface area (Å²) in [5, 5.41) is 8.53. The van der Waals surface area contributed by atoms with Gasteiger partial charge in [-0.1, -0.05) is 121 Å². The van der Waals surface area contributed by atoms with Gasteiger partial charge in [0.15, 0.2) is 51.4 Å².